The number of aliphatic imine (C=N–C) groups is 1. The summed E-state index contributed by atoms with van der Waals surface area (Å²) in [6.07, 6.45) is 0.750. The number of carbonyl (C=O) groups excluding carboxylic acids is 1. The third kappa shape index (κ3) is 3.88. The lowest BCUT2D eigenvalue weighted by molar-refractivity contribution is -0.136. The lowest BCUT2D eigenvalue weighted by Gasteiger charge is -2.25. The molecule has 1 aliphatic rings. The standard InChI is InChI=1S/C21H21ClN2O3/c1-3-13(2)19-21(27)24(12-18(25)26)17-10-9-15(22)11-16(17)20(23-19)14-7-5-4-6-8-14/h4-11,13,19H,3,12H2,1-2H3,(H,25,26)/t13-,19?/m0/s1. The average Bonchev–Trinajstić information content (AvgIpc) is 2.77. The van der Waals surface area contributed by atoms with Gasteiger partial charge < -0.3 is 5.11 Å². The highest BCUT2D eigenvalue weighted by Crippen LogP contribution is 2.32. The van der Waals surface area contributed by atoms with Crippen molar-refractivity contribution in [2.24, 2.45) is 10.9 Å². The van der Waals surface area contributed by atoms with E-state index in [0.29, 0.717) is 22.0 Å². The molecule has 0 spiro atoms. The molecule has 0 saturated heterocycles. The van der Waals surface area contributed by atoms with Crippen LogP contribution in [0.5, 0.6) is 0 Å². The van der Waals surface area contributed by atoms with E-state index < -0.39 is 18.6 Å². The minimum absolute atomic E-state index is 0.0303. The van der Waals surface area contributed by atoms with Crippen molar-refractivity contribution in [3.63, 3.8) is 0 Å². The number of hydrogen-bond donors (Lipinski definition) is 1. The zero-order valence-electron chi connectivity index (χ0n) is 15.2. The molecule has 2 atom stereocenters. The minimum Gasteiger partial charge on any atom is -0.480 e. The number of rotatable bonds is 5. The molecule has 27 heavy (non-hydrogen) atoms. The van der Waals surface area contributed by atoms with Crippen LogP contribution in [0.4, 0.5) is 5.69 Å². The second kappa shape index (κ2) is 7.92. The fourth-order valence-corrected chi connectivity index (χ4v) is 3.37. The van der Waals surface area contributed by atoms with Crippen molar-refractivity contribution in [1.29, 1.82) is 0 Å². The van der Waals surface area contributed by atoms with Gasteiger partial charge in [-0.25, -0.2) is 0 Å². The molecule has 1 unspecified atom stereocenters. The largest absolute Gasteiger partial charge is 0.480 e. The van der Waals surface area contributed by atoms with Gasteiger partial charge in [0.1, 0.15) is 12.6 Å². The van der Waals surface area contributed by atoms with E-state index in [2.05, 4.69) is 0 Å². The first-order valence-corrected chi connectivity index (χ1v) is 9.26. The van der Waals surface area contributed by atoms with Gasteiger partial charge in [0.25, 0.3) is 5.91 Å². The zero-order chi connectivity index (χ0) is 19.6. The maximum Gasteiger partial charge on any atom is 0.323 e. The molecule has 0 radical (unpaired) electrons. The smallest absolute Gasteiger partial charge is 0.323 e. The molecule has 0 fully saturated rings. The fraction of sp³-hybridized carbons (Fsp3) is 0.286. The summed E-state index contributed by atoms with van der Waals surface area (Å²) in [5.74, 6) is -1.41. The van der Waals surface area contributed by atoms with Gasteiger partial charge in [0.2, 0.25) is 0 Å². The molecular weight excluding hydrogens is 364 g/mol. The molecule has 2 aromatic rings. The Labute approximate surface area is 163 Å². The van der Waals surface area contributed by atoms with Crippen LogP contribution in [0, 0.1) is 5.92 Å². The van der Waals surface area contributed by atoms with E-state index in [9.17, 15) is 14.7 Å². The number of amides is 1. The Balaban J connectivity index is 2.27. The van der Waals surface area contributed by atoms with Crippen molar-refractivity contribution >= 4 is 34.9 Å². The van der Waals surface area contributed by atoms with Gasteiger partial charge in [0.15, 0.2) is 0 Å². The highest BCUT2D eigenvalue weighted by Gasteiger charge is 2.35. The first-order chi connectivity index (χ1) is 12.9. The highest BCUT2D eigenvalue weighted by atomic mass is 35.5. The monoisotopic (exact) mass is 384 g/mol. The molecule has 0 saturated carbocycles. The van der Waals surface area contributed by atoms with E-state index in [1.807, 2.05) is 44.2 Å². The second-order valence-corrected chi connectivity index (χ2v) is 7.09. The topological polar surface area (TPSA) is 70.0 Å². The van der Waals surface area contributed by atoms with Gasteiger partial charge in [0, 0.05) is 16.1 Å². The van der Waals surface area contributed by atoms with Crippen LogP contribution in [0.2, 0.25) is 5.02 Å². The van der Waals surface area contributed by atoms with Gasteiger partial charge in [-0.1, -0.05) is 62.2 Å². The molecule has 1 N–H and O–H groups in total. The van der Waals surface area contributed by atoms with Crippen LogP contribution in [0.1, 0.15) is 31.4 Å². The molecule has 5 nitrogen and oxygen atoms in total. The fourth-order valence-electron chi connectivity index (χ4n) is 3.19. The molecule has 2 aromatic carbocycles. The number of aliphatic carboxylic acids is 1. The van der Waals surface area contributed by atoms with E-state index in [4.69, 9.17) is 16.6 Å². The summed E-state index contributed by atoms with van der Waals surface area (Å²) in [6.45, 7) is 3.53. The lowest BCUT2D eigenvalue weighted by atomic mass is 9.98. The predicted octanol–water partition coefficient (Wildman–Crippen LogP) is 4.02. The van der Waals surface area contributed by atoms with Gasteiger partial charge in [-0.2, -0.15) is 0 Å². The molecule has 0 aromatic heterocycles. The number of carboxylic acids is 1. The summed E-state index contributed by atoms with van der Waals surface area (Å²) in [5.41, 5.74) is 2.69. The SMILES string of the molecule is CC[C@H](C)C1N=C(c2ccccc2)c2cc(Cl)ccc2N(CC(=O)O)C1=O. The molecule has 140 valence electrons. The van der Waals surface area contributed by atoms with Gasteiger partial charge in [-0.05, 0) is 24.1 Å². The molecule has 3 rings (SSSR count). The normalized spacial score (nSPS) is 17.7. The van der Waals surface area contributed by atoms with E-state index >= 15 is 0 Å². The Hall–Kier alpha value is -2.66. The number of carboxylic acid groups (broad SMARTS) is 1. The van der Waals surface area contributed by atoms with Crippen molar-refractivity contribution in [3.05, 3.63) is 64.7 Å². The summed E-state index contributed by atoms with van der Waals surface area (Å²) in [4.78, 5) is 30.8. The number of fused-ring (bicyclic) bond motifs is 1. The third-order valence-electron chi connectivity index (χ3n) is 4.82. The van der Waals surface area contributed by atoms with Crippen LogP contribution in [0.25, 0.3) is 0 Å². The summed E-state index contributed by atoms with van der Waals surface area (Å²) in [7, 11) is 0. The number of hydrogen-bond acceptors (Lipinski definition) is 3. The molecule has 0 aliphatic carbocycles. The van der Waals surface area contributed by atoms with Gasteiger partial charge >= 0.3 is 5.97 Å². The summed E-state index contributed by atoms with van der Waals surface area (Å²) >= 11 is 6.22. The Morgan fingerprint density at radius 3 is 2.59 bits per heavy atom. The van der Waals surface area contributed by atoms with Gasteiger partial charge in [-0.15, -0.1) is 0 Å². The van der Waals surface area contributed by atoms with Crippen molar-refractivity contribution in [2.75, 3.05) is 11.4 Å². The van der Waals surface area contributed by atoms with Crippen LogP contribution < -0.4 is 4.90 Å². The van der Waals surface area contributed by atoms with Crippen LogP contribution >= 0.6 is 11.6 Å². The Morgan fingerprint density at radius 2 is 1.96 bits per heavy atom. The van der Waals surface area contributed by atoms with E-state index in [1.54, 1.807) is 18.2 Å². The minimum atomic E-state index is -1.07. The van der Waals surface area contributed by atoms with E-state index in [0.717, 1.165) is 12.0 Å². The van der Waals surface area contributed by atoms with Crippen LogP contribution in [0.15, 0.2) is 53.5 Å². The summed E-state index contributed by atoms with van der Waals surface area (Å²) in [5, 5.41) is 9.87. The Morgan fingerprint density at radius 1 is 1.26 bits per heavy atom. The van der Waals surface area contributed by atoms with Crippen LogP contribution in [-0.2, 0) is 9.59 Å². The number of benzodiazepines with no additional fused rings is 1. The summed E-state index contributed by atoms with van der Waals surface area (Å²) < 4.78 is 0. The zero-order valence-corrected chi connectivity index (χ0v) is 16.0. The number of halogens is 1. The van der Waals surface area contributed by atoms with Crippen molar-refractivity contribution in [1.82, 2.24) is 0 Å². The van der Waals surface area contributed by atoms with Crippen LogP contribution in [0.3, 0.4) is 0 Å². The van der Waals surface area contributed by atoms with Crippen LogP contribution in [-0.4, -0.2) is 35.3 Å². The second-order valence-electron chi connectivity index (χ2n) is 6.65. The number of carbonyl (C=O) groups is 2. The third-order valence-corrected chi connectivity index (χ3v) is 5.05. The van der Waals surface area contributed by atoms with Crippen molar-refractivity contribution in [3.8, 4) is 0 Å². The first kappa shape index (κ1) is 19.1. The lowest BCUT2D eigenvalue weighted by Crippen LogP contribution is -2.43. The molecule has 1 amide bonds. The molecule has 0 bridgehead atoms. The predicted molar refractivity (Wildman–Crippen MR) is 107 cm³/mol. The number of nitrogens with zero attached hydrogens (tertiary/aromatic N) is 2. The quantitative estimate of drug-likeness (QED) is 0.846. The van der Waals surface area contributed by atoms with Crippen molar-refractivity contribution in [2.45, 2.75) is 26.3 Å². The maximum absolute atomic E-state index is 13.2. The first-order valence-electron chi connectivity index (χ1n) is 8.88. The highest BCUT2D eigenvalue weighted by molar-refractivity contribution is 6.32. The Kier molecular flexibility index (Phi) is 5.61. The molecule has 1 heterocycles. The molecular formula is C21H21ClN2O3. The van der Waals surface area contributed by atoms with Gasteiger partial charge in [-0.3, -0.25) is 19.5 Å². The maximum atomic E-state index is 13.2. The van der Waals surface area contributed by atoms with Crippen molar-refractivity contribution < 1.29 is 14.7 Å². The molecule has 6 heteroatoms. The van der Waals surface area contributed by atoms with E-state index in [1.165, 1.54) is 4.90 Å². The average molecular weight is 385 g/mol. The Bertz CT molecular complexity index is 896. The number of benzene rings is 2. The molecule has 1 aliphatic heterocycles. The van der Waals surface area contributed by atoms with E-state index in [-0.39, 0.29) is 11.8 Å². The summed E-state index contributed by atoms with van der Waals surface area (Å²) in [6, 6.07) is 14.0. The number of anilines is 1. The van der Waals surface area contributed by atoms with Gasteiger partial charge in [0.05, 0.1) is 11.4 Å².